The summed E-state index contributed by atoms with van der Waals surface area (Å²) in [6.45, 7) is 4.00. The van der Waals surface area contributed by atoms with Gasteiger partial charge in [-0.25, -0.2) is 0 Å². The standard InChI is InChI=1S/C25H25NO7/c1-3-11(2)4-5-12-6-7-16(27)19-15(12)9-13-8-14-10-17(28)20(24(26)32)23(31)25(14,33)22(30)18(13)21(19)29/h6-7,11,13-14,27,29,31,33H,3,8-10H2,1-2H3,(H2,26,32)/t11?,13-,14+,25+/m1/s1. The molecule has 0 aliphatic heterocycles. The Balaban J connectivity index is 1.90. The highest BCUT2D eigenvalue weighted by Gasteiger charge is 2.60. The zero-order valence-corrected chi connectivity index (χ0v) is 18.3. The van der Waals surface area contributed by atoms with Crippen LogP contribution in [0.25, 0.3) is 5.76 Å². The van der Waals surface area contributed by atoms with Gasteiger partial charge in [0.05, 0.1) is 5.56 Å². The first-order chi connectivity index (χ1) is 15.5. The van der Waals surface area contributed by atoms with Gasteiger partial charge in [0.1, 0.15) is 22.8 Å². The Morgan fingerprint density at radius 1 is 1.24 bits per heavy atom. The number of fused-ring (bicyclic) bond motifs is 3. The summed E-state index contributed by atoms with van der Waals surface area (Å²) in [5.74, 6) is -0.0258. The molecular weight excluding hydrogens is 426 g/mol. The molecule has 4 atom stereocenters. The summed E-state index contributed by atoms with van der Waals surface area (Å²) < 4.78 is 0. The second kappa shape index (κ2) is 7.78. The van der Waals surface area contributed by atoms with Crippen molar-refractivity contribution in [3.8, 4) is 17.6 Å². The molecule has 0 heterocycles. The molecule has 0 aromatic heterocycles. The van der Waals surface area contributed by atoms with E-state index in [0.29, 0.717) is 11.1 Å². The Kier molecular flexibility index (Phi) is 5.33. The van der Waals surface area contributed by atoms with Crippen molar-refractivity contribution in [2.45, 2.75) is 45.1 Å². The highest BCUT2D eigenvalue weighted by Crippen LogP contribution is 2.52. The number of hydrogen-bond donors (Lipinski definition) is 5. The minimum atomic E-state index is -2.56. The van der Waals surface area contributed by atoms with Crippen LogP contribution in [0.4, 0.5) is 0 Å². The van der Waals surface area contributed by atoms with Crippen LogP contribution in [0.15, 0.2) is 29.0 Å². The topological polar surface area (TPSA) is 158 Å². The number of Topliss-reactive ketones (excluding diaryl/α,β-unsaturated/α-hetero) is 2. The molecule has 8 nitrogen and oxygen atoms in total. The van der Waals surface area contributed by atoms with E-state index in [9.17, 15) is 34.8 Å². The summed E-state index contributed by atoms with van der Waals surface area (Å²) in [7, 11) is 0. The van der Waals surface area contributed by atoms with Crippen LogP contribution in [0.3, 0.4) is 0 Å². The molecule has 33 heavy (non-hydrogen) atoms. The first-order valence-corrected chi connectivity index (χ1v) is 10.9. The second-order valence-corrected chi connectivity index (χ2v) is 8.97. The number of carbonyl (C=O) groups excluding carboxylic acids is 3. The molecule has 0 spiro atoms. The van der Waals surface area contributed by atoms with E-state index in [1.54, 1.807) is 6.07 Å². The number of rotatable bonds is 2. The van der Waals surface area contributed by atoms with E-state index in [1.165, 1.54) is 6.07 Å². The number of phenolic OH excluding ortho intramolecular Hbond substituents is 1. The van der Waals surface area contributed by atoms with Gasteiger partial charge in [-0.2, -0.15) is 0 Å². The van der Waals surface area contributed by atoms with Crippen molar-refractivity contribution in [1.29, 1.82) is 0 Å². The highest BCUT2D eigenvalue weighted by molar-refractivity contribution is 6.22. The SMILES string of the molecule is CCC(C)C#Cc1ccc(O)c2c1C[C@H]1C[C@H]3CC(=O)C(C(N)=O)=C(O)[C@@]3(O)C(=O)C1=C2O. The number of aliphatic hydroxyl groups excluding tert-OH is 2. The first kappa shape index (κ1) is 22.6. The number of primary amides is 1. The molecule has 1 unspecified atom stereocenters. The van der Waals surface area contributed by atoms with Gasteiger partial charge in [-0.1, -0.05) is 25.7 Å². The number of benzene rings is 1. The lowest BCUT2D eigenvalue weighted by Crippen LogP contribution is -2.58. The average Bonchev–Trinajstić information content (AvgIpc) is 2.75. The number of aliphatic hydroxyl groups is 3. The Morgan fingerprint density at radius 3 is 2.58 bits per heavy atom. The fourth-order valence-electron chi connectivity index (χ4n) is 5.04. The normalized spacial score (nSPS) is 27.2. The molecule has 4 rings (SSSR count). The maximum atomic E-state index is 13.4. The Labute approximate surface area is 190 Å². The molecule has 0 bridgehead atoms. The minimum absolute atomic E-state index is 0.0538. The Morgan fingerprint density at radius 2 is 1.94 bits per heavy atom. The zero-order valence-electron chi connectivity index (χ0n) is 18.3. The van der Waals surface area contributed by atoms with Crippen LogP contribution < -0.4 is 5.73 Å². The maximum absolute atomic E-state index is 13.4. The Bertz CT molecular complexity index is 1230. The lowest BCUT2D eigenvalue weighted by atomic mass is 9.59. The molecule has 0 saturated heterocycles. The number of carbonyl (C=O) groups is 3. The monoisotopic (exact) mass is 451 g/mol. The van der Waals surface area contributed by atoms with E-state index in [-0.39, 0.29) is 42.1 Å². The van der Waals surface area contributed by atoms with E-state index >= 15 is 0 Å². The summed E-state index contributed by atoms with van der Waals surface area (Å²) in [6.07, 6.45) is 0.852. The van der Waals surface area contributed by atoms with Gasteiger partial charge in [-0.05, 0) is 42.9 Å². The van der Waals surface area contributed by atoms with Crippen molar-refractivity contribution in [3.05, 3.63) is 45.7 Å². The molecule has 1 aromatic rings. The molecule has 172 valence electrons. The van der Waals surface area contributed by atoms with Crippen molar-refractivity contribution in [3.63, 3.8) is 0 Å². The van der Waals surface area contributed by atoms with Crippen molar-refractivity contribution in [2.24, 2.45) is 23.5 Å². The van der Waals surface area contributed by atoms with Crippen LogP contribution >= 0.6 is 0 Å². The van der Waals surface area contributed by atoms with Gasteiger partial charge in [-0.15, -0.1) is 0 Å². The number of amides is 1. The van der Waals surface area contributed by atoms with Crippen molar-refractivity contribution >= 4 is 23.2 Å². The summed E-state index contributed by atoms with van der Waals surface area (Å²) in [5.41, 5.74) is 2.91. The fourth-order valence-corrected chi connectivity index (χ4v) is 5.04. The fraction of sp³-hybridized carbons (Fsp3) is 0.400. The van der Waals surface area contributed by atoms with Gasteiger partial charge in [-0.3, -0.25) is 14.4 Å². The molecule has 8 heteroatoms. The highest BCUT2D eigenvalue weighted by atomic mass is 16.3. The van der Waals surface area contributed by atoms with Gasteiger partial charge in [0.25, 0.3) is 5.91 Å². The van der Waals surface area contributed by atoms with Crippen molar-refractivity contribution in [2.75, 3.05) is 0 Å². The first-order valence-electron chi connectivity index (χ1n) is 10.9. The van der Waals surface area contributed by atoms with Gasteiger partial charge >= 0.3 is 0 Å². The largest absolute Gasteiger partial charge is 0.508 e. The third kappa shape index (κ3) is 3.23. The van der Waals surface area contributed by atoms with Crippen molar-refractivity contribution in [1.82, 2.24) is 0 Å². The van der Waals surface area contributed by atoms with Gasteiger partial charge in [0.15, 0.2) is 11.4 Å². The van der Waals surface area contributed by atoms with E-state index in [0.717, 1.165) is 6.42 Å². The van der Waals surface area contributed by atoms with E-state index in [4.69, 9.17) is 5.73 Å². The van der Waals surface area contributed by atoms with Gasteiger partial charge in [0.2, 0.25) is 5.78 Å². The van der Waals surface area contributed by atoms with Crippen LogP contribution in [0, 0.1) is 29.6 Å². The molecule has 1 amide bonds. The lowest BCUT2D eigenvalue weighted by Gasteiger charge is -2.46. The smallest absolute Gasteiger partial charge is 0.255 e. The molecule has 6 N–H and O–H groups in total. The molecule has 1 aromatic carbocycles. The second-order valence-electron chi connectivity index (χ2n) is 8.97. The molecule has 0 radical (unpaired) electrons. The van der Waals surface area contributed by atoms with Crippen LogP contribution in [-0.2, 0) is 20.8 Å². The summed E-state index contributed by atoms with van der Waals surface area (Å²) in [4.78, 5) is 37.5. The molecular formula is C25H25NO7. The maximum Gasteiger partial charge on any atom is 0.255 e. The molecule has 3 aliphatic rings. The summed E-state index contributed by atoms with van der Waals surface area (Å²) in [5, 5.41) is 43.3. The van der Waals surface area contributed by atoms with Gasteiger partial charge in [0, 0.05) is 29.4 Å². The van der Waals surface area contributed by atoms with Crippen LogP contribution in [-0.4, -0.2) is 43.5 Å². The average molecular weight is 451 g/mol. The lowest BCUT2D eigenvalue weighted by molar-refractivity contribution is -0.147. The van der Waals surface area contributed by atoms with E-state index < -0.39 is 52.0 Å². The third-order valence-corrected chi connectivity index (χ3v) is 7.01. The van der Waals surface area contributed by atoms with E-state index in [2.05, 4.69) is 11.8 Å². The quantitative estimate of drug-likeness (QED) is 0.339. The van der Waals surface area contributed by atoms with Crippen LogP contribution in [0.5, 0.6) is 5.75 Å². The predicted molar refractivity (Wildman–Crippen MR) is 118 cm³/mol. The molecule has 3 aliphatic carbocycles. The van der Waals surface area contributed by atoms with Crippen molar-refractivity contribution < 1.29 is 34.8 Å². The van der Waals surface area contributed by atoms with Gasteiger partial charge < -0.3 is 26.2 Å². The number of phenols is 1. The third-order valence-electron chi connectivity index (χ3n) is 7.01. The summed E-state index contributed by atoms with van der Waals surface area (Å²) >= 11 is 0. The number of ketones is 2. The van der Waals surface area contributed by atoms with E-state index in [1.807, 2.05) is 13.8 Å². The number of aromatic hydroxyl groups is 1. The number of hydrogen-bond acceptors (Lipinski definition) is 7. The number of nitrogens with two attached hydrogens (primary N) is 1. The Hall–Kier alpha value is -3.57. The van der Waals surface area contributed by atoms with Crippen LogP contribution in [0.1, 0.15) is 49.8 Å². The minimum Gasteiger partial charge on any atom is -0.508 e. The van der Waals surface area contributed by atoms with Crippen LogP contribution in [0.2, 0.25) is 0 Å². The molecule has 1 saturated carbocycles. The zero-order chi connectivity index (χ0) is 24.2. The molecule has 1 fully saturated rings. The summed E-state index contributed by atoms with van der Waals surface area (Å²) in [6, 6.07) is 3.03. The predicted octanol–water partition coefficient (Wildman–Crippen LogP) is 1.82.